The molecule has 3 aromatic carbocycles. The highest BCUT2D eigenvalue weighted by Gasteiger charge is 2.32. The number of halogens is 1. The van der Waals surface area contributed by atoms with E-state index in [9.17, 15) is 22.4 Å². The largest absolute Gasteiger partial charge is 0.497 e. The number of anilines is 1. The summed E-state index contributed by atoms with van der Waals surface area (Å²) < 4.78 is 47.1. The first-order chi connectivity index (χ1) is 17.6. The predicted molar refractivity (Wildman–Crippen MR) is 139 cm³/mol. The molecule has 2 amide bonds. The summed E-state index contributed by atoms with van der Waals surface area (Å²) in [4.78, 5) is 27.5. The zero-order chi connectivity index (χ0) is 27.2. The highest BCUT2D eigenvalue weighted by molar-refractivity contribution is 7.92. The first-order valence-corrected chi connectivity index (χ1v) is 13.0. The zero-order valence-electron chi connectivity index (χ0n) is 21.1. The topological polar surface area (TPSA) is 96.0 Å². The van der Waals surface area contributed by atoms with Gasteiger partial charge in [0.25, 0.3) is 10.0 Å². The highest BCUT2D eigenvalue weighted by Crippen LogP contribution is 2.26. The lowest BCUT2D eigenvalue weighted by Gasteiger charge is -2.32. The molecule has 0 fully saturated rings. The molecule has 0 saturated heterocycles. The van der Waals surface area contributed by atoms with Crippen molar-refractivity contribution in [2.75, 3.05) is 25.0 Å². The summed E-state index contributed by atoms with van der Waals surface area (Å²) in [6.07, 6.45) is 0. The summed E-state index contributed by atoms with van der Waals surface area (Å²) >= 11 is 0. The Morgan fingerprint density at radius 3 is 2.19 bits per heavy atom. The van der Waals surface area contributed by atoms with Crippen molar-refractivity contribution in [2.45, 2.75) is 31.3 Å². The second-order valence-electron chi connectivity index (χ2n) is 8.40. The van der Waals surface area contributed by atoms with Crippen molar-refractivity contribution in [3.63, 3.8) is 0 Å². The van der Waals surface area contributed by atoms with Crippen LogP contribution in [0.15, 0.2) is 77.7 Å². The molecule has 37 heavy (non-hydrogen) atoms. The molecule has 1 atom stereocenters. The van der Waals surface area contributed by atoms with Gasteiger partial charge in [-0.05, 0) is 73.5 Å². The van der Waals surface area contributed by atoms with E-state index in [0.29, 0.717) is 5.75 Å². The molecule has 0 heterocycles. The molecule has 0 bridgehead atoms. The number of hydrogen-bond donors (Lipinski definition) is 1. The molecule has 0 aromatic heterocycles. The van der Waals surface area contributed by atoms with Crippen LogP contribution in [0.5, 0.6) is 5.75 Å². The lowest BCUT2D eigenvalue weighted by molar-refractivity contribution is -0.139. The van der Waals surface area contributed by atoms with E-state index in [2.05, 4.69) is 5.32 Å². The Hall–Kier alpha value is -3.92. The molecule has 3 aromatic rings. The lowest BCUT2D eigenvalue weighted by atomic mass is 10.1. The van der Waals surface area contributed by atoms with Gasteiger partial charge in [0.05, 0.1) is 17.7 Å². The molecule has 0 saturated carbocycles. The summed E-state index contributed by atoms with van der Waals surface area (Å²) in [5.74, 6) is -1.08. The van der Waals surface area contributed by atoms with Gasteiger partial charge in [0.2, 0.25) is 11.8 Å². The number of sulfonamides is 1. The van der Waals surface area contributed by atoms with Crippen LogP contribution in [0.3, 0.4) is 0 Å². The van der Waals surface area contributed by atoms with Crippen LogP contribution in [-0.4, -0.2) is 51.9 Å². The number of aryl methyl sites for hydroxylation is 1. The Morgan fingerprint density at radius 2 is 1.62 bits per heavy atom. The molecule has 0 aliphatic rings. The van der Waals surface area contributed by atoms with Gasteiger partial charge in [0.1, 0.15) is 24.2 Å². The molecule has 196 valence electrons. The number of methoxy groups -OCH3 is 1. The molecule has 1 N–H and O–H groups in total. The number of benzene rings is 3. The van der Waals surface area contributed by atoms with E-state index in [4.69, 9.17) is 4.74 Å². The summed E-state index contributed by atoms with van der Waals surface area (Å²) in [5, 5.41) is 2.54. The molecule has 8 nitrogen and oxygen atoms in total. The van der Waals surface area contributed by atoms with Crippen LogP contribution in [0.4, 0.5) is 10.1 Å². The van der Waals surface area contributed by atoms with Crippen LogP contribution in [0.1, 0.15) is 18.1 Å². The molecule has 0 spiro atoms. The normalized spacial score (nSPS) is 11.9. The fourth-order valence-corrected chi connectivity index (χ4v) is 5.19. The molecule has 3 rings (SSSR count). The first-order valence-electron chi connectivity index (χ1n) is 11.6. The molecule has 0 aliphatic heterocycles. The second-order valence-corrected chi connectivity index (χ2v) is 10.3. The van der Waals surface area contributed by atoms with Gasteiger partial charge in [-0.2, -0.15) is 0 Å². The van der Waals surface area contributed by atoms with E-state index in [1.165, 1.54) is 55.5 Å². The van der Waals surface area contributed by atoms with Crippen LogP contribution < -0.4 is 14.4 Å². The number of rotatable bonds is 10. The minimum Gasteiger partial charge on any atom is -0.497 e. The van der Waals surface area contributed by atoms with Gasteiger partial charge in [-0.1, -0.05) is 24.3 Å². The number of carbonyl (C=O) groups is 2. The fourth-order valence-electron chi connectivity index (χ4n) is 3.77. The van der Waals surface area contributed by atoms with Gasteiger partial charge >= 0.3 is 0 Å². The third kappa shape index (κ3) is 6.45. The van der Waals surface area contributed by atoms with Crippen molar-refractivity contribution in [1.82, 2.24) is 10.2 Å². The number of likely N-dealkylation sites (N-methyl/N-ethyl adjacent to an activating group) is 1. The minimum absolute atomic E-state index is 0.0739. The van der Waals surface area contributed by atoms with Gasteiger partial charge in [-0.25, -0.2) is 12.8 Å². The van der Waals surface area contributed by atoms with Crippen LogP contribution in [-0.2, 0) is 26.2 Å². The van der Waals surface area contributed by atoms with Crippen molar-refractivity contribution in [3.8, 4) is 5.75 Å². The Balaban J connectivity index is 2.03. The van der Waals surface area contributed by atoms with E-state index in [-0.39, 0.29) is 17.1 Å². The number of nitrogens with zero attached hydrogens (tertiary/aromatic N) is 2. The third-order valence-electron chi connectivity index (χ3n) is 6.06. The molecular weight excluding hydrogens is 497 g/mol. The molecule has 0 radical (unpaired) electrons. The van der Waals surface area contributed by atoms with E-state index in [1.807, 2.05) is 31.2 Å². The average Bonchev–Trinajstić information content (AvgIpc) is 2.90. The summed E-state index contributed by atoms with van der Waals surface area (Å²) in [6, 6.07) is 17.1. The van der Waals surface area contributed by atoms with Gasteiger partial charge in [0, 0.05) is 13.6 Å². The maximum atomic E-state index is 13.7. The van der Waals surface area contributed by atoms with E-state index < -0.39 is 40.2 Å². The van der Waals surface area contributed by atoms with Crippen LogP contribution in [0, 0.1) is 12.7 Å². The maximum absolute atomic E-state index is 13.7. The number of ether oxygens (including phenoxy) is 1. The van der Waals surface area contributed by atoms with E-state index in [0.717, 1.165) is 27.6 Å². The van der Waals surface area contributed by atoms with Crippen molar-refractivity contribution < 1.29 is 27.1 Å². The molecule has 10 heteroatoms. The van der Waals surface area contributed by atoms with Crippen molar-refractivity contribution in [3.05, 3.63) is 89.7 Å². The number of nitrogens with one attached hydrogen (secondary N) is 1. The van der Waals surface area contributed by atoms with Crippen molar-refractivity contribution >= 4 is 27.5 Å². The quantitative estimate of drug-likeness (QED) is 0.436. The average molecular weight is 528 g/mol. The monoisotopic (exact) mass is 527 g/mol. The first kappa shape index (κ1) is 27.7. The van der Waals surface area contributed by atoms with Crippen LogP contribution in [0.2, 0.25) is 0 Å². The lowest BCUT2D eigenvalue weighted by Crippen LogP contribution is -2.50. The Morgan fingerprint density at radius 1 is 1.00 bits per heavy atom. The Bertz CT molecular complexity index is 1350. The predicted octanol–water partition coefficient (Wildman–Crippen LogP) is 3.50. The number of hydrogen-bond acceptors (Lipinski definition) is 5. The summed E-state index contributed by atoms with van der Waals surface area (Å²) in [6.45, 7) is 2.96. The summed E-state index contributed by atoms with van der Waals surface area (Å²) in [5.41, 5.74) is 1.85. The molecule has 0 aliphatic carbocycles. The van der Waals surface area contributed by atoms with Gasteiger partial charge in [-0.15, -0.1) is 0 Å². The molecular formula is C27H30FN3O5S. The Labute approximate surface area is 216 Å². The van der Waals surface area contributed by atoms with Crippen LogP contribution in [0.25, 0.3) is 0 Å². The highest BCUT2D eigenvalue weighted by atomic mass is 32.2. The fraction of sp³-hybridized carbons (Fsp3) is 0.259. The van der Waals surface area contributed by atoms with Crippen LogP contribution >= 0.6 is 0 Å². The Kier molecular flexibility index (Phi) is 8.88. The summed E-state index contributed by atoms with van der Waals surface area (Å²) in [7, 11) is -1.32. The number of amides is 2. The second kappa shape index (κ2) is 11.9. The van der Waals surface area contributed by atoms with Gasteiger partial charge in [0.15, 0.2) is 0 Å². The van der Waals surface area contributed by atoms with Gasteiger partial charge < -0.3 is 15.0 Å². The van der Waals surface area contributed by atoms with Crippen molar-refractivity contribution in [1.29, 1.82) is 0 Å². The standard InChI is InChI=1S/C27H30FN3O5S/c1-19-7-5-6-8-21(19)17-30(20(2)27(33)29-3)26(32)18-31(23-11-9-22(28)10-12-23)37(34,35)25-15-13-24(36-4)14-16-25/h5-16,20H,17-18H2,1-4H3,(H,29,33). The number of carbonyl (C=O) groups excluding carboxylic acids is 2. The smallest absolute Gasteiger partial charge is 0.264 e. The SMILES string of the molecule is CNC(=O)C(C)N(Cc1ccccc1C)C(=O)CN(c1ccc(F)cc1)S(=O)(=O)c1ccc(OC)cc1. The minimum atomic E-state index is -4.25. The third-order valence-corrected chi connectivity index (χ3v) is 7.84. The molecule has 1 unspecified atom stereocenters. The van der Waals surface area contributed by atoms with Crippen molar-refractivity contribution in [2.24, 2.45) is 0 Å². The van der Waals surface area contributed by atoms with E-state index >= 15 is 0 Å². The zero-order valence-corrected chi connectivity index (χ0v) is 22.0. The van der Waals surface area contributed by atoms with Gasteiger partial charge in [-0.3, -0.25) is 13.9 Å². The van der Waals surface area contributed by atoms with E-state index in [1.54, 1.807) is 6.92 Å². The maximum Gasteiger partial charge on any atom is 0.264 e.